The summed E-state index contributed by atoms with van der Waals surface area (Å²) in [6.45, 7) is 6.62. The van der Waals surface area contributed by atoms with Crippen molar-refractivity contribution in [2.24, 2.45) is 0 Å². The van der Waals surface area contributed by atoms with Gasteiger partial charge in [-0.3, -0.25) is 9.80 Å². The molecule has 8 nitrogen and oxygen atoms in total. The quantitative estimate of drug-likeness (QED) is 0.448. The summed E-state index contributed by atoms with van der Waals surface area (Å²) < 4.78 is 26.4. The summed E-state index contributed by atoms with van der Waals surface area (Å²) in [5, 5.41) is 19.4. The first-order chi connectivity index (χ1) is 18.0. The van der Waals surface area contributed by atoms with Gasteiger partial charge < -0.3 is 10.2 Å². The van der Waals surface area contributed by atoms with Gasteiger partial charge in [0.1, 0.15) is 5.75 Å². The Hall–Kier alpha value is -3.24. The highest BCUT2D eigenvalue weighted by Gasteiger charge is 2.35. The second-order valence-electron chi connectivity index (χ2n) is 10.2. The summed E-state index contributed by atoms with van der Waals surface area (Å²) in [7, 11) is -0.508. The molecule has 1 aliphatic rings. The number of piperazine rings is 1. The van der Waals surface area contributed by atoms with Gasteiger partial charge in [0.2, 0.25) is 10.0 Å². The Morgan fingerprint density at radius 2 is 1.61 bits per heavy atom. The first kappa shape index (κ1) is 27.8. The van der Waals surface area contributed by atoms with Gasteiger partial charge in [-0.2, -0.15) is 0 Å². The molecule has 38 heavy (non-hydrogen) atoms. The first-order valence-electron chi connectivity index (χ1n) is 12.6. The summed E-state index contributed by atoms with van der Waals surface area (Å²) in [5.41, 5.74) is 3.22. The van der Waals surface area contributed by atoms with Gasteiger partial charge in [-0.05, 0) is 66.9 Å². The monoisotopic (exact) mass is 537 g/mol. The number of phenolic OH excluding ortho intramolecular Hbond substituents is 1. The van der Waals surface area contributed by atoms with Crippen molar-refractivity contribution in [1.29, 1.82) is 0 Å². The van der Waals surface area contributed by atoms with Gasteiger partial charge in [-0.25, -0.2) is 17.5 Å². The van der Waals surface area contributed by atoms with Crippen molar-refractivity contribution in [3.05, 3.63) is 95.1 Å². The number of carboxylic acids is 1. The van der Waals surface area contributed by atoms with Crippen LogP contribution in [0.4, 0.5) is 0 Å². The number of phenols is 1. The van der Waals surface area contributed by atoms with E-state index in [0.717, 1.165) is 29.8 Å². The lowest BCUT2D eigenvalue weighted by molar-refractivity contribution is 0.0195. The zero-order valence-corrected chi connectivity index (χ0v) is 23.0. The largest absolute Gasteiger partial charge is 0.508 e. The minimum Gasteiger partial charge on any atom is -0.508 e. The van der Waals surface area contributed by atoms with E-state index >= 15 is 0 Å². The smallest absolute Gasteiger partial charge is 0.335 e. The van der Waals surface area contributed by atoms with E-state index in [-0.39, 0.29) is 34.3 Å². The molecule has 0 spiro atoms. The summed E-state index contributed by atoms with van der Waals surface area (Å²) in [6.07, 6.45) is 0. The third-order valence-corrected chi connectivity index (χ3v) is 9.07. The lowest BCUT2D eigenvalue weighted by atomic mass is 9.93. The van der Waals surface area contributed by atoms with Crippen molar-refractivity contribution in [3.8, 4) is 5.75 Å². The van der Waals surface area contributed by atoms with Gasteiger partial charge in [0.15, 0.2) is 0 Å². The number of aromatic hydroxyl groups is 1. The molecule has 1 fully saturated rings. The number of carboxylic acid groups (broad SMARTS) is 1. The van der Waals surface area contributed by atoms with E-state index in [9.17, 15) is 23.4 Å². The van der Waals surface area contributed by atoms with E-state index < -0.39 is 16.0 Å². The molecule has 1 saturated heterocycles. The number of hydrogen-bond acceptors (Lipinski definition) is 6. The van der Waals surface area contributed by atoms with Crippen LogP contribution in [0, 0.1) is 0 Å². The van der Waals surface area contributed by atoms with Crippen molar-refractivity contribution >= 4 is 16.0 Å². The molecule has 1 aliphatic heterocycles. The highest BCUT2D eigenvalue weighted by atomic mass is 32.2. The Morgan fingerprint density at radius 1 is 0.947 bits per heavy atom. The van der Waals surface area contributed by atoms with Crippen LogP contribution in [0.2, 0.25) is 0 Å². The zero-order chi connectivity index (χ0) is 27.6. The van der Waals surface area contributed by atoms with E-state index in [1.807, 2.05) is 36.4 Å². The Kier molecular flexibility index (Phi) is 8.22. The topological polar surface area (TPSA) is 101 Å². The van der Waals surface area contributed by atoms with Gasteiger partial charge in [0.25, 0.3) is 0 Å². The van der Waals surface area contributed by atoms with E-state index in [1.165, 1.54) is 18.4 Å². The van der Waals surface area contributed by atoms with Crippen LogP contribution in [0.15, 0.2) is 77.7 Å². The molecule has 2 N–H and O–H groups in total. The number of sulfonamides is 1. The second kappa shape index (κ2) is 11.2. The first-order valence-corrected chi connectivity index (χ1v) is 14.0. The van der Waals surface area contributed by atoms with Gasteiger partial charge in [0, 0.05) is 45.8 Å². The van der Waals surface area contributed by atoms with Crippen molar-refractivity contribution in [2.75, 3.05) is 27.2 Å². The van der Waals surface area contributed by atoms with Crippen molar-refractivity contribution in [2.45, 2.75) is 43.4 Å². The molecule has 0 amide bonds. The standard InChI is InChI=1S/C29H35N3O5S/c1-20-18-32(21(2)17-31(20)19-22-8-10-24(11-9-22)29(34)35)28(25-6-5-7-26(33)16-25)23-12-14-27(15-13-23)38(36,37)30(3)4/h5-16,20-21,28,33H,17-19H2,1-4H3,(H,34,35)/t20-,21-,28+/m0/s1. The average Bonchev–Trinajstić information content (AvgIpc) is 2.87. The lowest BCUT2D eigenvalue weighted by Gasteiger charge is -2.47. The van der Waals surface area contributed by atoms with Crippen LogP contribution in [0.25, 0.3) is 0 Å². The van der Waals surface area contributed by atoms with Gasteiger partial charge in [-0.1, -0.05) is 36.4 Å². The number of carbonyl (C=O) groups is 1. The third kappa shape index (κ3) is 5.91. The van der Waals surface area contributed by atoms with Crippen LogP contribution in [-0.4, -0.2) is 78.0 Å². The molecule has 1 heterocycles. The predicted octanol–water partition coefficient (Wildman–Crippen LogP) is 4.02. The minimum absolute atomic E-state index is 0.155. The third-order valence-electron chi connectivity index (χ3n) is 7.24. The van der Waals surface area contributed by atoms with E-state index in [4.69, 9.17) is 0 Å². The molecule has 0 bridgehead atoms. The summed E-state index contributed by atoms with van der Waals surface area (Å²) in [5.74, 6) is -0.749. The number of nitrogens with zero attached hydrogens (tertiary/aromatic N) is 3. The Bertz CT molecular complexity index is 1370. The van der Waals surface area contributed by atoms with Crippen molar-refractivity contribution in [3.63, 3.8) is 0 Å². The zero-order valence-electron chi connectivity index (χ0n) is 22.2. The SMILES string of the molecule is C[C@H]1CN([C@H](c2ccc(S(=O)(=O)N(C)C)cc2)c2cccc(O)c2)[C@@H](C)CN1Cc1ccc(C(=O)O)cc1. The molecule has 202 valence electrons. The normalized spacial score (nSPS) is 19.9. The van der Waals surface area contributed by atoms with E-state index in [0.29, 0.717) is 6.54 Å². The Morgan fingerprint density at radius 3 is 2.18 bits per heavy atom. The van der Waals surface area contributed by atoms with Crippen LogP contribution in [0.1, 0.15) is 46.9 Å². The highest BCUT2D eigenvalue weighted by molar-refractivity contribution is 7.89. The van der Waals surface area contributed by atoms with Crippen LogP contribution >= 0.6 is 0 Å². The fraction of sp³-hybridized carbons (Fsp3) is 0.345. The summed E-state index contributed by atoms with van der Waals surface area (Å²) >= 11 is 0. The molecule has 3 aromatic rings. The molecule has 0 aliphatic carbocycles. The second-order valence-corrected chi connectivity index (χ2v) is 12.3. The molecular weight excluding hydrogens is 502 g/mol. The number of benzene rings is 3. The fourth-order valence-electron chi connectivity index (χ4n) is 5.10. The molecule has 0 radical (unpaired) electrons. The molecule has 0 saturated carbocycles. The summed E-state index contributed by atoms with van der Waals surface area (Å²) in [6, 6.07) is 21.4. The van der Waals surface area contributed by atoms with Gasteiger partial charge >= 0.3 is 5.97 Å². The maximum Gasteiger partial charge on any atom is 0.335 e. The predicted molar refractivity (Wildman–Crippen MR) is 147 cm³/mol. The van der Waals surface area contributed by atoms with Gasteiger partial charge in [0.05, 0.1) is 16.5 Å². The van der Waals surface area contributed by atoms with Crippen LogP contribution in [0.3, 0.4) is 0 Å². The molecule has 0 aromatic heterocycles. The molecule has 3 atom stereocenters. The molecule has 4 rings (SSSR count). The van der Waals surface area contributed by atoms with E-state index in [2.05, 4.69) is 23.6 Å². The van der Waals surface area contributed by atoms with Gasteiger partial charge in [-0.15, -0.1) is 0 Å². The average molecular weight is 538 g/mol. The van der Waals surface area contributed by atoms with E-state index in [1.54, 1.807) is 36.4 Å². The summed E-state index contributed by atoms with van der Waals surface area (Å²) in [4.78, 5) is 16.2. The van der Waals surface area contributed by atoms with Crippen LogP contribution < -0.4 is 0 Å². The lowest BCUT2D eigenvalue weighted by Crippen LogP contribution is -2.56. The number of rotatable bonds is 8. The van der Waals surface area contributed by atoms with Crippen LogP contribution in [0.5, 0.6) is 5.75 Å². The molecular formula is C29H35N3O5S. The maximum atomic E-state index is 12.6. The van der Waals surface area contributed by atoms with Crippen molar-refractivity contribution in [1.82, 2.24) is 14.1 Å². The number of aromatic carboxylic acids is 1. The number of hydrogen-bond donors (Lipinski definition) is 2. The Labute approximate surface area is 224 Å². The minimum atomic E-state index is -3.54. The maximum absolute atomic E-state index is 12.6. The molecule has 3 aromatic carbocycles. The van der Waals surface area contributed by atoms with Crippen molar-refractivity contribution < 1.29 is 23.4 Å². The fourth-order valence-corrected chi connectivity index (χ4v) is 6.00. The Balaban J connectivity index is 1.61. The van der Waals surface area contributed by atoms with Crippen LogP contribution in [-0.2, 0) is 16.6 Å². The highest BCUT2D eigenvalue weighted by Crippen LogP contribution is 2.35. The molecule has 9 heteroatoms. The molecule has 0 unspecified atom stereocenters.